The van der Waals surface area contributed by atoms with Crippen molar-refractivity contribution in [3.63, 3.8) is 0 Å². The van der Waals surface area contributed by atoms with Crippen LogP contribution < -0.4 is 14.2 Å². The number of hydrogen-bond donors (Lipinski definition) is 0. The Balaban J connectivity index is 1.73. The molecule has 6 nitrogen and oxygen atoms in total. The van der Waals surface area contributed by atoms with Crippen molar-refractivity contribution >= 4 is 52.6 Å². The first-order valence-corrected chi connectivity index (χ1v) is 11.0. The predicted octanol–water partition coefficient (Wildman–Crippen LogP) is 6.50. The normalized spacial score (nSPS) is 10.7. The van der Waals surface area contributed by atoms with Gasteiger partial charge in [0.15, 0.2) is 5.75 Å². The Bertz CT molecular complexity index is 849. The van der Waals surface area contributed by atoms with Crippen LogP contribution in [-0.2, 0) is 11.3 Å². The van der Waals surface area contributed by atoms with E-state index in [1.165, 1.54) is 6.08 Å². The van der Waals surface area contributed by atoms with Gasteiger partial charge in [-0.25, -0.2) is 4.98 Å². The Labute approximate surface area is 201 Å². The molecule has 0 saturated carbocycles. The minimum atomic E-state index is 0.123. The van der Waals surface area contributed by atoms with E-state index in [1.54, 1.807) is 24.5 Å². The Hall–Kier alpha value is -1.86. The number of hydrogen-bond acceptors (Lipinski definition) is 6. The van der Waals surface area contributed by atoms with Crippen LogP contribution in [0.25, 0.3) is 0 Å². The molecule has 0 spiro atoms. The SMILES string of the molecule is CCO/N=C/Cc1ccc(OCCCOc2c(Cl)cc(OCC=C(Cl)Cl)cc2Cl)nc1. The molecule has 0 aliphatic rings. The van der Waals surface area contributed by atoms with Crippen molar-refractivity contribution in [1.29, 1.82) is 0 Å². The van der Waals surface area contributed by atoms with Gasteiger partial charge in [-0.15, -0.1) is 0 Å². The van der Waals surface area contributed by atoms with E-state index in [4.69, 9.17) is 65.5 Å². The van der Waals surface area contributed by atoms with Gasteiger partial charge in [0.2, 0.25) is 5.88 Å². The van der Waals surface area contributed by atoms with Crippen LogP contribution in [0.5, 0.6) is 17.4 Å². The average Bonchev–Trinajstić information content (AvgIpc) is 2.73. The quantitative estimate of drug-likeness (QED) is 0.176. The molecule has 0 N–H and O–H groups in total. The van der Waals surface area contributed by atoms with Crippen molar-refractivity contribution in [2.24, 2.45) is 5.16 Å². The molecule has 0 aliphatic heterocycles. The number of pyridine rings is 1. The molecule has 0 bridgehead atoms. The molecule has 2 aromatic rings. The Morgan fingerprint density at radius 3 is 2.45 bits per heavy atom. The number of oxime groups is 1. The van der Waals surface area contributed by atoms with Crippen LogP contribution in [0, 0.1) is 0 Å². The average molecular weight is 508 g/mol. The number of aromatic nitrogens is 1. The first kappa shape index (κ1) is 25.4. The summed E-state index contributed by atoms with van der Waals surface area (Å²) in [6.07, 6.45) is 6.20. The summed E-state index contributed by atoms with van der Waals surface area (Å²) >= 11 is 23.6. The predicted molar refractivity (Wildman–Crippen MR) is 125 cm³/mol. The summed E-state index contributed by atoms with van der Waals surface area (Å²) < 4.78 is 16.9. The van der Waals surface area contributed by atoms with E-state index in [2.05, 4.69) is 10.1 Å². The molecular formula is C21H22Cl4N2O4. The van der Waals surface area contributed by atoms with Crippen LogP contribution in [-0.4, -0.2) is 37.6 Å². The molecule has 0 atom stereocenters. The lowest BCUT2D eigenvalue weighted by Crippen LogP contribution is -2.06. The van der Waals surface area contributed by atoms with E-state index in [1.807, 2.05) is 19.1 Å². The molecule has 1 aromatic heterocycles. The molecule has 0 saturated heterocycles. The standard InChI is InChI=1S/C21H22Cl4N2O4/c1-2-31-27-8-6-15-4-5-20(26-14-15)29-9-3-10-30-21-17(22)12-16(13-18(21)23)28-11-7-19(24)25/h4-5,7-8,12-14H,2-3,6,9-11H2,1H3/b27-8+. The second-order valence-corrected chi connectivity index (χ2v) is 7.81. The van der Waals surface area contributed by atoms with Crippen molar-refractivity contribution in [1.82, 2.24) is 4.98 Å². The Morgan fingerprint density at radius 1 is 1.06 bits per heavy atom. The minimum absolute atomic E-state index is 0.123. The third-order valence-corrected chi connectivity index (χ3v) is 4.52. The molecule has 0 fully saturated rings. The fraction of sp³-hybridized carbons (Fsp3) is 0.333. The van der Waals surface area contributed by atoms with Gasteiger partial charge in [-0.05, 0) is 18.6 Å². The highest BCUT2D eigenvalue weighted by atomic mass is 35.5. The van der Waals surface area contributed by atoms with Crippen molar-refractivity contribution in [2.75, 3.05) is 26.4 Å². The van der Waals surface area contributed by atoms with E-state index in [9.17, 15) is 0 Å². The zero-order chi connectivity index (χ0) is 22.5. The van der Waals surface area contributed by atoms with Gasteiger partial charge in [-0.3, -0.25) is 0 Å². The summed E-state index contributed by atoms with van der Waals surface area (Å²) in [6.45, 7) is 3.43. The van der Waals surface area contributed by atoms with Crippen molar-refractivity contribution in [3.8, 4) is 17.4 Å². The van der Waals surface area contributed by atoms with E-state index >= 15 is 0 Å². The van der Waals surface area contributed by atoms with Gasteiger partial charge in [0.25, 0.3) is 0 Å². The number of nitrogens with zero attached hydrogens (tertiary/aromatic N) is 2. The van der Waals surface area contributed by atoms with Gasteiger partial charge in [-0.1, -0.05) is 57.6 Å². The molecule has 0 unspecified atom stereocenters. The van der Waals surface area contributed by atoms with Gasteiger partial charge in [0.1, 0.15) is 23.5 Å². The summed E-state index contributed by atoms with van der Waals surface area (Å²) in [5.74, 6) is 1.40. The molecule has 0 aliphatic carbocycles. The second-order valence-electron chi connectivity index (χ2n) is 5.99. The van der Waals surface area contributed by atoms with Gasteiger partial charge >= 0.3 is 0 Å². The second kappa shape index (κ2) is 14.2. The largest absolute Gasteiger partial charge is 0.490 e. The lowest BCUT2D eigenvalue weighted by molar-refractivity contribution is 0.160. The number of ether oxygens (including phenoxy) is 3. The first-order chi connectivity index (χ1) is 15.0. The van der Waals surface area contributed by atoms with Crippen LogP contribution in [0.3, 0.4) is 0 Å². The topological polar surface area (TPSA) is 62.2 Å². The number of rotatable bonds is 13. The number of halogens is 4. The van der Waals surface area contributed by atoms with Crippen LogP contribution >= 0.6 is 46.4 Å². The zero-order valence-corrected chi connectivity index (χ0v) is 19.8. The van der Waals surface area contributed by atoms with Crippen molar-refractivity contribution in [3.05, 3.63) is 56.6 Å². The van der Waals surface area contributed by atoms with Crippen LogP contribution in [0.2, 0.25) is 10.0 Å². The smallest absolute Gasteiger partial charge is 0.213 e. The summed E-state index contributed by atoms with van der Waals surface area (Å²) in [7, 11) is 0. The third kappa shape index (κ3) is 9.87. The van der Waals surface area contributed by atoms with Crippen molar-refractivity contribution < 1.29 is 19.0 Å². The molecule has 1 heterocycles. The molecule has 0 radical (unpaired) electrons. The zero-order valence-electron chi connectivity index (χ0n) is 16.8. The maximum absolute atomic E-state index is 6.24. The van der Waals surface area contributed by atoms with E-state index in [-0.39, 0.29) is 11.1 Å². The molecular weight excluding hydrogens is 486 g/mol. The summed E-state index contributed by atoms with van der Waals surface area (Å²) in [4.78, 5) is 9.17. The molecule has 10 heteroatoms. The van der Waals surface area contributed by atoms with Gasteiger partial charge in [0.05, 0.1) is 23.3 Å². The van der Waals surface area contributed by atoms with Crippen LogP contribution in [0.4, 0.5) is 0 Å². The van der Waals surface area contributed by atoms with Crippen LogP contribution in [0.15, 0.2) is 46.2 Å². The molecule has 168 valence electrons. The van der Waals surface area contributed by atoms with E-state index < -0.39 is 0 Å². The van der Waals surface area contributed by atoms with Gasteiger partial charge in [-0.2, -0.15) is 0 Å². The fourth-order valence-electron chi connectivity index (χ4n) is 2.26. The Kier molecular flexibility index (Phi) is 11.7. The summed E-state index contributed by atoms with van der Waals surface area (Å²) in [5.41, 5.74) is 1.01. The highest BCUT2D eigenvalue weighted by Crippen LogP contribution is 2.37. The van der Waals surface area contributed by atoms with E-state index in [0.29, 0.717) is 60.1 Å². The highest BCUT2D eigenvalue weighted by Gasteiger charge is 2.10. The van der Waals surface area contributed by atoms with E-state index in [0.717, 1.165) is 5.56 Å². The third-order valence-electron chi connectivity index (χ3n) is 3.65. The van der Waals surface area contributed by atoms with Crippen LogP contribution in [0.1, 0.15) is 18.9 Å². The maximum atomic E-state index is 6.24. The minimum Gasteiger partial charge on any atom is -0.490 e. The Morgan fingerprint density at radius 2 is 1.81 bits per heavy atom. The molecule has 31 heavy (non-hydrogen) atoms. The molecule has 0 amide bonds. The van der Waals surface area contributed by atoms with Gasteiger partial charge < -0.3 is 19.0 Å². The lowest BCUT2D eigenvalue weighted by Gasteiger charge is -2.12. The van der Waals surface area contributed by atoms with Crippen molar-refractivity contribution in [2.45, 2.75) is 19.8 Å². The fourth-order valence-corrected chi connectivity index (χ4v) is 2.96. The molecule has 1 aromatic carbocycles. The summed E-state index contributed by atoms with van der Waals surface area (Å²) in [5, 5.41) is 4.49. The number of benzene rings is 1. The van der Waals surface area contributed by atoms with Gasteiger partial charge in [0, 0.05) is 43.5 Å². The monoisotopic (exact) mass is 506 g/mol. The molecule has 2 rings (SSSR count). The first-order valence-electron chi connectivity index (χ1n) is 9.47. The highest BCUT2D eigenvalue weighted by molar-refractivity contribution is 6.55. The summed E-state index contributed by atoms with van der Waals surface area (Å²) in [6, 6.07) is 6.96. The lowest BCUT2D eigenvalue weighted by atomic mass is 10.2. The maximum Gasteiger partial charge on any atom is 0.213 e.